The van der Waals surface area contributed by atoms with Crippen molar-refractivity contribution < 1.29 is 0 Å². The van der Waals surface area contributed by atoms with E-state index in [1.54, 1.807) is 4.88 Å². The number of thiophene rings is 1. The van der Waals surface area contributed by atoms with Gasteiger partial charge in [0.15, 0.2) is 0 Å². The van der Waals surface area contributed by atoms with Crippen molar-refractivity contribution in [2.45, 2.75) is 51.6 Å². The fraction of sp³-hybridized carbons (Fsp3) is 0.600. The van der Waals surface area contributed by atoms with Gasteiger partial charge in [0.1, 0.15) is 0 Å². The van der Waals surface area contributed by atoms with Crippen molar-refractivity contribution >= 4 is 21.4 Å². The molecule has 0 spiro atoms. The molecule has 2 aromatic rings. The number of hydrogen-bond acceptors (Lipinski definition) is 3. The van der Waals surface area contributed by atoms with Gasteiger partial charge in [0, 0.05) is 35.3 Å². The van der Waals surface area contributed by atoms with Crippen LogP contribution in [0.4, 0.5) is 0 Å². The van der Waals surface area contributed by atoms with Crippen LogP contribution in [0.5, 0.6) is 0 Å². The summed E-state index contributed by atoms with van der Waals surface area (Å²) in [4.78, 5) is 7.02. The standard InChI is InChI=1S/C20H28N2S/c1-16-18-7-3-4-8-19(18)23-20(16)15-21-13-9-17(10-14-21)22-11-5-2-6-12-22/h3-4,7-8,17H,2,5-6,9-15H2,1H3. The molecule has 23 heavy (non-hydrogen) atoms. The highest BCUT2D eigenvalue weighted by atomic mass is 32.1. The molecule has 2 aliphatic rings. The number of aryl methyl sites for hydroxylation is 1. The molecule has 1 aromatic carbocycles. The number of likely N-dealkylation sites (tertiary alicyclic amines) is 2. The van der Waals surface area contributed by atoms with Crippen molar-refractivity contribution in [2.75, 3.05) is 26.2 Å². The Labute approximate surface area is 144 Å². The fourth-order valence-corrected chi connectivity index (χ4v) is 5.56. The topological polar surface area (TPSA) is 6.48 Å². The van der Waals surface area contributed by atoms with E-state index in [4.69, 9.17) is 0 Å². The zero-order valence-electron chi connectivity index (χ0n) is 14.3. The van der Waals surface area contributed by atoms with Crippen molar-refractivity contribution in [3.05, 3.63) is 34.7 Å². The maximum absolute atomic E-state index is 2.77. The molecule has 0 aliphatic carbocycles. The lowest BCUT2D eigenvalue weighted by molar-refractivity contribution is 0.0900. The second kappa shape index (κ2) is 6.92. The average molecular weight is 329 g/mol. The highest BCUT2D eigenvalue weighted by molar-refractivity contribution is 7.19. The fourth-order valence-electron chi connectivity index (χ4n) is 4.30. The molecule has 0 bridgehead atoms. The Morgan fingerprint density at radius 2 is 1.74 bits per heavy atom. The molecule has 0 unspecified atom stereocenters. The van der Waals surface area contributed by atoms with Gasteiger partial charge in [-0.1, -0.05) is 24.6 Å². The highest BCUT2D eigenvalue weighted by Gasteiger charge is 2.26. The van der Waals surface area contributed by atoms with Crippen LogP contribution in [0, 0.1) is 6.92 Å². The van der Waals surface area contributed by atoms with Crippen LogP contribution in [-0.2, 0) is 6.54 Å². The van der Waals surface area contributed by atoms with Crippen LogP contribution in [-0.4, -0.2) is 42.0 Å². The Morgan fingerprint density at radius 3 is 2.48 bits per heavy atom. The molecule has 0 atom stereocenters. The average Bonchev–Trinajstić information content (AvgIpc) is 2.93. The molecule has 2 nitrogen and oxygen atoms in total. The normalized spacial score (nSPS) is 22.0. The summed E-state index contributed by atoms with van der Waals surface area (Å²) in [7, 11) is 0. The number of rotatable bonds is 3. The van der Waals surface area contributed by atoms with Crippen LogP contribution in [0.15, 0.2) is 24.3 Å². The van der Waals surface area contributed by atoms with Crippen molar-refractivity contribution in [2.24, 2.45) is 0 Å². The molecule has 2 aliphatic heterocycles. The zero-order valence-corrected chi connectivity index (χ0v) is 15.1. The summed E-state index contributed by atoms with van der Waals surface area (Å²) in [6, 6.07) is 9.71. The van der Waals surface area contributed by atoms with E-state index >= 15 is 0 Å². The summed E-state index contributed by atoms with van der Waals surface area (Å²) in [5, 5.41) is 1.45. The van der Waals surface area contributed by atoms with Crippen molar-refractivity contribution in [3.8, 4) is 0 Å². The molecule has 0 N–H and O–H groups in total. The molecular weight excluding hydrogens is 300 g/mol. The first kappa shape index (κ1) is 15.6. The number of nitrogens with zero attached hydrogens (tertiary/aromatic N) is 2. The summed E-state index contributed by atoms with van der Waals surface area (Å²) in [5.74, 6) is 0. The SMILES string of the molecule is Cc1c(CN2CCC(N3CCCCC3)CC2)sc2ccccc12. The Balaban J connectivity index is 1.37. The molecule has 124 valence electrons. The third kappa shape index (κ3) is 3.33. The number of piperidine rings is 2. The summed E-state index contributed by atoms with van der Waals surface area (Å²) in [5.41, 5.74) is 1.50. The van der Waals surface area contributed by atoms with Gasteiger partial charge >= 0.3 is 0 Å². The molecule has 1 aromatic heterocycles. The van der Waals surface area contributed by atoms with Crippen molar-refractivity contribution in [1.29, 1.82) is 0 Å². The monoisotopic (exact) mass is 328 g/mol. The van der Waals surface area contributed by atoms with Crippen LogP contribution in [0.2, 0.25) is 0 Å². The molecule has 0 radical (unpaired) electrons. The molecule has 3 heterocycles. The third-order valence-corrected chi connectivity index (χ3v) is 7.03. The lowest BCUT2D eigenvalue weighted by Crippen LogP contribution is -2.46. The summed E-state index contributed by atoms with van der Waals surface area (Å²) in [6.45, 7) is 8.69. The molecular formula is C20H28N2S. The van der Waals surface area contributed by atoms with E-state index in [9.17, 15) is 0 Å². The molecule has 3 heteroatoms. The minimum absolute atomic E-state index is 0.857. The van der Waals surface area contributed by atoms with Crippen LogP contribution >= 0.6 is 11.3 Å². The smallest absolute Gasteiger partial charge is 0.0348 e. The summed E-state index contributed by atoms with van der Waals surface area (Å²) >= 11 is 1.99. The molecule has 0 saturated carbocycles. The lowest BCUT2D eigenvalue weighted by Gasteiger charge is -2.40. The molecule has 0 amide bonds. The van der Waals surface area contributed by atoms with Gasteiger partial charge in [-0.3, -0.25) is 4.90 Å². The first-order valence-corrected chi connectivity index (χ1v) is 10.1. The predicted molar refractivity (Wildman–Crippen MR) is 100 cm³/mol. The van der Waals surface area contributed by atoms with Gasteiger partial charge in [0.05, 0.1) is 0 Å². The van der Waals surface area contributed by atoms with E-state index in [1.165, 1.54) is 73.9 Å². The van der Waals surface area contributed by atoms with E-state index in [1.807, 2.05) is 11.3 Å². The molecule has 2 saturated heterocycles. The van der Waals surface area contributed by atoms with E-state index in [0.717, 1.165) is 12.6 Å². The molecule has 4 rings (SSSR count). The minimum Gasteiger partial charge on any atom is -0.300 e. The first-order chi connectivity index (χ1) is 11.3. The summed E-state index contributed by atoms with van der Waals surface area (Å²) in [6.07, 6.45) is 7.01. The van der Waals surface area contributed by atoms with Crippen LogP contribution < -0.4 is 0 Å². The van der Waals surface area contributed by atoms with Crippen molar-refractivity contribution in [1.82, 2.24) is 9.80 Å². The Bertz CT molecular complexity index is 649. The van der Waals surface area contributed by atoms with Crippen LogP contribution in [0.3, 0.4) is 0 Å². The van der Waals surface area contributed by atoms with Gasteiger partial charge in [-0.25, -0.2) is 0 Å². The second-order valence-corrected chi connectivity index (χ2v) is 8.39. The van der Waals surface area contributed by atoms with Gasteiger partial charge in [-0.2, -0.15) is 0 Å². The summed E-state index contributed by atoms with van der Waals surface area (Å²) < 4.78 is 1.45. The number of hydrogen-bond donors (Lipinski definition) is 0. The first-order valence-electron chi connectivity index (χ1n) is 9.24. The predicted octanol–water partition coefficient (Wildman–Crippen LogP) is 4.66. The Kier molecular flexibility index (Phi) is 4.70. The minimum atomic E-state index is 0.857. The van der Waals surface area contributed by atoms with Crippen LogP contribution in [0.1, 0.15) is 42.5 Å². The van der Waals surface area contributed by atoms with Crippen LogP contribution in [0.25, 0.3) is 10.1 Å². The van der Waals surface area contributed by atoms with E-state index < -0.39 is 0 Å². The van der Waals surface area contributed by atoms with E-state index in [2.05, 4.69) is 41.0 Å². The van der Waals surface area contributed by atoms with Gasteiger partial charge in [-0.05, 0) is 62.7 Å². The maximum atomic E-state index is 2.77. The third-order valence-electron chi connectivity index (χ3n) is 5.77. The van der Waals surface area contributed by atoms with Gasteiger partial charge < -0.3 is 4.90 Å². The highest BCUT2D eigenvalue weighted by Crippen LogP contribution is 2.32. The molecule has 2 fully saturated rings. The van der Waals surface area contributed by atoms with E-state index in [0.29, 0.717) is 0 Å². The Hall–Kier alpha value is -0.900. The quantitative estimate of drug-likeness (QED) is 0.808. The second-order valence-electron chi connectivity index (χ2n) is 7.25. The van der Waals surface area contributed by atoms with E-state index in [-0.39, 0.29) is 0 Å². The number of fused-ring (bicyclic) bond motifs is 1. The Morgan fingerprint density at radius 1 is 1.00 bits per heavy atom. The maximum Gasteiger partial charge on any atom is 0.0348 e. The largest absolute Gasteiger partial charge is 0.300 e. The van der Waals surface area contributed by atoms with Crippen molar-refractivity contribution in [3.63, 3.8) is 0 Å². The number of benzene rings is 1. The zero-order chi connectivity index (χ0) is 15.6. The van der Waals surface area contributed by atoms with Gasteiger partial charge in [-0.15, -0.1) is 11.3 Å². The lowest BCUT2D eigenvalue weighted by atomic mass is 10.00. The van der Waals surface area contributed by atoms with Gasteiger partial charge in [0.2, 0.25) is 0 Å². The van der Waals surface area contributed by atoms with Gasteiger partial charge in [0.25, 0.3) is 0 Å².